The van der Waals surface area contributed by atoms with Crippen molar-refractivity contribution in [1.29, 1.82) is 0 Å². The Morgan fingerprint density at radius 1 is 0.689 bits per heavy atom. The molecular formula is C59H52N2. The van der Waals surface area contributed by atoms with Crippen molar-refractivity contribution in [2.75, 3.05) is 9.80 Å². The van der Waals surface area contributed by atoms with Crippen molar-refractivity contribution >= 4 is 49.3 Å². The van der Waals surface area contributed by atoms with Gasteiger partial charge in [0, 0.05) is 39.8 Å². The van der Waals surface area contributed by atoms with Gasteiger partial charge >= 0.3 is 0 Å². The Morgan fingerprint density at radius 3 is 1.97 bits per heavy atom. The molecule has 0 spiro atoms. The van der Waals surface area contributed by atoms with E-state index in [4.69, 9.17) is 6.58 Å². The summed E-state index contributed by atoms with van der Waals surface area (Å²) >= 11 is 0. The molecule has 298 valence electrons. The molecule has 61 heavy (non-hydrogen) atoms. The minimum atomic E-state index is -0.00837. The molecule has 7 aromatic rings. The van der Waals surface area contributed by atoms with Gasteiger partial charge < -0.3 is 9.80 Å². The molecule has 0 aromatic heterocycles. The van der Waals surface area contributed by atoms with Crippen LogP contribution in [0.15, 0.2) is 248 Å². The highest BCUT2D eigenvalue weighted by Gasteiger charge is 2.23. The van der Waals surface area contributed by atoms with E-state index in [0.717, 1.165) is 56.1 Å². The predicted molar refractivity (Wildman–Crippen MR) is 266 cm³/mol. The van der Waals surface area contributed by atoms with Crippen LogP contribution in [0, 0.1) is 12.8 Å². The number of allylic oxidation sites excluding steroid dienone is 11. The molecule has 1 atom stereocenters. The zero-order chi connectivity index (χ0) is 42.5. The van der Waals surface area contributed by atoms with E-state index in [-0.39, 0.29) is 5.92 Å². The van der Waals surface area contributed by atoms with E-state index in [1.54, 1.807) is 0 Å². The Balaban J connectivity index is 1.30. The van der Waals surface area contributed by atoms with E-state index in [2.05, 4.69) is 239 Å². The third-order valence-corrected chi connectivity index (χ3v) is 11.6. The molecule has 8 rings (SSSR count). The van der Waals surface area contributed by atoms with Crippen molar-refractivity contribution in [2.45, 2.75) is 27.7 Å². The molecule has 1 aliphatic heterocycles. The van der Waals surface area contributed by atoms with Crippen LogP contribution < -0.4 is 9.80 Å². The van der Waals surface area contributed by atoms with E-state index < -0.39 is 0 Å². The summed E-state index contributed by atoms with van der Waals surface area (Å²) in [5.74, 6) is -0.00837. The summed E-state index contributed by atoms with van der Waals surface area (Å²) < 4.78 is 0. The number of anilines is 2. The molecule has 0 fully saturated rings. The van der Waals surface area contributed by atoms with Crippen LogP contribution in [-0.4, -0.2) is 0 Å². The van der Waals surface area contributed by atoms with Crippen LogP contribution in [0.2, 0.25) is 0 Å². The predicted octanol–water partition coefficient (Wildman–Crippen LogP) is 16.2. The maximum Gasteiger partial charge on any atom is 0.0539 e. The standard InChI is InChI=1S/C59H52N2/c1-8-22-50-42(5)40-49(38-36-44(7)60(56(50)10-3)48-27-12-11-13-28-48)61(57-34-21-25-46-24-14-15-29-51(46)57)43(6)35-37-45(9-2)58-52-30-16-18-32-54(52)59(47-26-20-23-41(4)39-47)55-33-19-17-31-53(55)58/h8-40,42H,3,6-7H2,1-2,4-5H3/b22-8-,37-35-,38-36-,45-9+,49-40+,56-50-. The Morgan fingerprint density at radius 2 is 1.31 bits per heavy atom. The first-order valence-electron chi connectivity index (χ1n) is 21.1. The number of fused-ring (bicyclic) bond motifs is 3. The number of hydrogen-bond acceptors (Lipinski definition) is 2. The van der Waals surface area contributed by atoms with Gasteiger partial charge in [0.1, 0.15) is 0 Å². The average Bonchev–Trinajstić information content (AvgIpc) is 3.33. The van der Waals surface area contributed by atoms with E-state index in [0.29, 0.717) is 0 Å². The Bertz CT molecular complexity index is 2960. The van der Waals surface area contributed by atoms with Gasteiger partial charge in [0.2, 0.25) is 0 Å². The van der Waals surface area contributed by atoms with Crippen molar-refractivity contribution in [2.24, 2.45) is 5.92 Å². The van der Waals surface area contributed by atoms with Crippen molar-refractivity contribution in [3.05, 3.63) is 260 Å². The zero-order valence-electron chi connectivity index (χ0n) is 35.6. The summed E-state index contributed by atoms with van der Waals surface area (Å²) in [6.07, 6.45) is 19.5. The third-order valence-electron chi connectivity index (χ3n) is 11.6. The topological polar surface area (TPSA) is 6.48 Å². The van der Waals surface area contributed by atoms with Crippen molar-refractivity contribution in [1.82, 2.24) is 0 Å². The van der Waals surface area contributed by atoms with Gasteiger partial charge in [-0.25, -0.2) is 0 Å². The first-order valence-corrected chi connectivity index (χ1v) is 21.1. The van der Waals surface area contributed by atoms with Gasteiger partial charge in [-0.1, -0.05) is 190 Å². The van der Waals surface area contributed by atoms with Crippen LogP contribution in [0.4, 0.5) is 11.4 Å². The van der Waals surface area contributed by atoms with Gasteiger partial charge in [-0.3, -0.25) is 0 Å². The minimum absolute atomic E-state index is 0.00837. The molecule has 0 saturated heterocycles. The fraction of sp³-hybridized carbons (Fsp3) is 0.0847. The number of aryl methyl sites for hydroxylation is 1. The number of para-hydroxylation sites is 1. The van der Waals surface area contributed by atoms with Crippen molar-refractivity contribution in [3.8, 4) is 11.1 Å². The summed E-state index contributed by atoms with van der Waals surface area (Å²) in [7, 11) is 0. The lowest BCUT2D eigenvalue weighted by atomic mass is 9.85. The molecule has 0 radical (unpaired) electrons. The van der Waals surface area contributed by atoms with Gasteiger partial charge in [0.05, 0.1) is 5.69 Å². The second-order valence-corrected chi connectivity index (χ2v) is 15.5. The van der Waals surface area contributed by atoms with Crippen LogP contribution in [0.5, 0.6) is 0 Å². The number of nitrogens with zero attached hydrogens (tertiary/aromatic N) is 2. The molecule has 2 nitrogen and oxygen atoms in total. The molecule has 1 aliphatic rings. The molecule has 0 bridgehead atoms. The zero-order valence-corrected chi connectivity index (χ0v) is 35.6. The van der Waals surface area contributed by atoms with Gasteiger partial charge in [-0.15, -0.1) is 0 Å². The summed E-state index contributed by atoms with van der Waals surface area (Å²) in [6.45, 7) is 22.4. The third kappa shape index (κ3) is 7.89. The molecule has 0 N–H and O–H groups in total. The van der Waals surface area contributed by atoms with Crippen molar-refractivity contribution < 1.29 is 0 Å². The fourth-order valence-electron chi connectivity index (χ4n) is 8.83. The monoisotopic (exact) mass is 788 g/mol. The average molecular weight is 789 g/mol. The van der Waals surface area contributed by atoms with Gasteiger partial charge in [0.15, 0.2) is 0 Å². The van der Waals surface area contributed by atoms with Crippen LogP contribution in [0.3, 0.4) is 0 Å². The number of rotatable bonds is 10. The molecule has 1 heterocycles. The van der Waals surface area contributed by atoms with E-state index in [1.807, 2.05) is 12.1 Å². The Hall–Kier alpha value is -7.42. The highest BCUT2D eigenvalue weighted by molar-refractivity contribution is 6.19. The van der Waals surface area contributed by atoms with Crippen molar-refractivity contribution in [3.63, 3.8) is 0 Å². The SMILES string of the molecule is C=C/C1=C(\C=C/C)C(C)/C=C(N(C(=C)/C=C\C(=C/C)c2c3ccccc3c(-c3cccc(C)c3)c3ccccc23)c2cccc3ccccc23)\C=C/C(=C)N1c1ccccc1. The summed E-state index contributed by atoms with van der Waals surface area (Å²) in [6, 6.07) is 51.9. The second-order valence-electron chi connectivity index (χ2n) is 15.5. The molecule has 0 aliphatic carbocycles. The van der Waals surface area contributed by atoms with E-state index in [1.165, 1.54) is 43.8 Å². The van der Waals surface area contributed by atoms with E-state index in [9.17, 15) is 0 Å². The maximum absolute atomic E-state index is 4.83. The Kier molecular flexibility index (Phi) is 11.8. The van der Waals surface area contributed by atoms with Gasteiger partial charge in [-0.2, -0.15) is 0 Å². The van der Waals surface area contributed by atoms with Gasteiger partial charge in [0.25, 0.3) is 0 Å². The van der Waals surface area contributed by atoms with E-state index >= 15 is 0 Å². The number of hydrogen-bond donors (Lipinski definition) is 0. The summed E-state index contributed by atoms with van der Waals surface area (Å²) in [5, 5.41) is 7.18. The molecule has 0 amide bonds. The van der Waals surface area contributed by atoms with Crippen LogP contribution in [0.25, 0.3) is 49.0 Å². The normalized spacial score (nSPS) is 17.7. The molecule has 7 aromatic carbocycles. The largest absolute Gasteiger partial charge is 0.311 e. The van der Waals surface area contributed by atoms with Crippen LogP contribution in [-0.2, 0) is 0 Å². The lowest BCUT2D eigenvalue weighted by Crippen LogP contribution is -2.21. The molecule has 0 saturated carbocycles. The molecule has 2 heteroatoms. The van der Waals surface area contributed by atoms with Crippen LogP contribution >= 0.6 is 0 Å². The first-order chi connectivity index (χ1) is 29.8. The molecule has 1 unspecified atom stereocenters. The maximum atomic E-state index is 4.83. The summed E-state index contributed by atoms with van der Waals surface area (Å²) in [5.41, 5.74) is 12.9. The lowest BCUT2D eigenvalue weighted by Gasteiger charge is -2.29. The number of benzene rings is 7. The summed E-state index contributed by atoms with van der Waals surface area (Å²) in [4.78, 5) is 4.49. The molecular weight excluding hydrogens is 737 g/mol. The Labute approximate surface area is 361 Å². The fourth-order valence-corrected chi connectivity index (χ4v) is 8.83. The lowest BCUT2D eigenvalue weighted by molar-refractivity contribution is 0.858. The van der Waals surface area contributed by atoms with Gasteiger partial charge in [-0.05, 0) is 118 Å². The smallest absolute Gasteiger partial charge is 0.0539 e. The quantitative estimate of drug-likeness (QED) is 0.101. The second kappa shape index (κ2) is 17.8. The highest BCUT2D eigenvalue weighted by atomic mass is 15.2. The minimum Gasteiger partial charge on any atom is -0.311 e. The first kappa shape index (κ1) is 40.4. The highest BCUT2D eigenvalue weighted by Crippen LogP contribution is 2.43. The van der Waals surface area contributed by atoms with Crippen LogP contribution in [0.1, 0.15) is 31.9 Å².